The number of piperidine rings is 1. The molecule has 4 aliphatic carbocycles. The lowest BCUT2D eigenvalue weighted by atomic mass is 9.40. The monoisotopic (exact) mass is 371 g/mol. The second kappa shape index (κ2) is 4.59. The van der Waals surface area contributed by atoms with Gasteiger partial charge in [0.05, 0.1) is 18.6 Å². The van der Waals surface area contributed by atoms with Crippen molar-refractivity contribution in [3.05, 3.63) is 0 Å². The van der Waals surface area contributed by atoms with Crippen LogP contribution in [0.15, 0.2) is 0 Å². The number of esters is 1. The highest BCUT2D eigenvalue weighted by atomic mass is 16.5. The lowest BCUT2D eigenvalue weighted by Gasteiger charge is -2.76. The molecule has 5 saturated heterocycles. The number of ether oxygens (including phenoxy) is 2. The third kappa shape index (κ3) is 1.35. The first-order valence-corrected chi connectivity index (χ1v) is 11.5. The number of methoxy groups -OCH3 is 1. The van der Waals surface area contributed by atoms with E-state index in [-0.39, 0.29) is 22.9 Å². The van der Waals surface area contributed by atoms with E-state index in [0.717, 1.165) is 18.3 Å². The maximum absolute atomic E-state index is 13.0. The molecule has 0 N–H and O–H groups in total. The van der Waals surface area contributed by atoms with Crippen LogP contribution in [0.4, 0.5) is 0 Å². The molecule has 4 nitrogen and oxygen atoms in total. The molecule has 0 aromatic carbocycles. The molecule has 0 radical (unpaired) electrons. The van der Waals surface area contributed by atoms with E-state index in [4.69, 9.17) is 9.47 Å². The molecule has 11 atom stereocenters. The Morgan fingerprint density at radius 1 is 1.15 bits per heavy atom. The van der Waals surface area contributed by atoms with Crippen LogP contribution in [0.2, 0.25) is 0 Å². The first-order valence-electron chi connectivity index (χ1n) is 11.5. The van der Waals surface area contributed by atoms with Crippen molar-refractivity contribution in [3.63, 3.8) is 0 Å². The Hall–Kier alpha value is -0.610. The van der Waals surface area contributed by atoms with E-state index in [9.17, 15) is 4.79 Å². The zero-order valence-corrected chi connectivity index (χ0v) is 16.9. The fraction of sp³-hybridized carbons (Fsp3) is 0.957. The van der Waals surface area contributed by atoms with Crippen molar-refractivity contribution in [3.8, 4) is 0 Å². The Labute approximate surface area is 162 Å². The Bertz CT molecular complexity index is 739. The van der Waals surface area contributed by atoms with Gasteiger partial charge in [-0.05, 0) is 68.1 Å². The van der Waals surface area contributed by atoms with E-state index in [1.54, 1.807) is 7.11 Å². The molecular weight excluding hydrogens is 338 g/mol. The Kier molecular flexibility index (Phi) is 2.75. The summed E-state index contributed by atoms with van der Waals surface area (Å²) in [5, 5.41) is 0. The summed E-state index contributed by atoms with van der Waals surface area (Å²) >= 11 is 0. The van der Waals surface area contributed by atoms with Gasteiger partial charge in [0.15, 0.2) is 0 Å². The molecule has 9 aliphatic rings. The molecule has 4 heteroatoms. The van der Waals surface area contributed by atoms with Crippen LogP contribution in [0.1, 0.15) is 58.8 Å². The third-order valence-electron chi connectivity index (χ3n) is 11.4. The van der Waals surface area contributed by atoms with Gasteiger partial charge in [-0.2, -0.15) is 0 Å². The number of carbonyl (C=O) groups is 1. The maximum Gasteiger partial charge on any atom is 0.309 e. The van der Waals surface area contributed by atoms with Crippen molar-refractivity contribution in [1.29, 1.82) is 0 Å². The highest BCUT2D eigenvalue weighted by molar-refractivity contribution is 5.74. The molecule has 148 valence electrons. The summed E-state index contributed by atoms with van der Waals surface area (Å²) < 4.78 is 12.7. The zero-order chi connectivity index (χ0) is 18.3. The van der Waals surface area contributed by atoms with Gasteiger partial charge in [-0.1, -0.05) is 13.8 Å². The van der Waals surface area contributed by atoms with E-state index in [1.807, 2.05) is 0 Å². The predicted octanol–water partition coefficient (Wildman–Crippen LogP) is 3.45. The highest BCUT2D eigenvalue weighted by Gasteiger charge is 2.88. The van der Waals surface area contributed by atoms with Crippen molar-refractivity contribution < 1.29 is 14.3 Å². The third-order valence-corrected chi connectivity index (χ3v) is 11.4. The van der Waals surface area contributed by atoms with Gasteiger partial charge >= 0.3 is 5.97 Å². The molecule has 5 heterocycles. The van der Waals surface area contributed by atoms with Gasteiger partial charge < -0.3 is 9.47 Å². The molecule has 6 bridgehead atoms. The van der Waals surface area contributed by atoms with Gasteiger partial charge in [0, 0.05) is 29.8 Å². The zero-order valence-electron chi connectivity index (χ0n) is 16.9. The first kappa shape index (κ1) is 16.2. The van der Waals surface area contributed by atoms with Gasteiger partial charge in [0.25, 0.3) is 0 Å². The topological polar surface area (TPSA) is 38.8 Å². The SMILES string of the molecule is COC(=O)[C@@H]1CC23[C@@H]4[C@@H]5CC[C@@]2(C)[C@H]2CC[C@H]6CC[C@@H]1C63OC2N4C[C@H]5C. The fourth-order valence-electron chi connectivity index (χ4n) is 10.8. The first-order chi connectivity index (χ1) is 13.0. The lowest BCUT2D eigenvalue weighted by Crippen LogP contribution is -2.81. The van der Waals surface area contributed by atoms with Gasteiger partial charge in [0.1, 0.15) is 6.23 Å². The van der Waals surface area contributed by atoms with Crippen molar-refractivity contribution >= 4 is 5.97 Å². The predicted molar refractivity (Wildman–Crippen MR) is 99.6 cm³/mol. The van der Waals surface area contributed by atoms with Crippen molar-refractivity contribution in [2.75, 3.05) is 13.7 Å². The summed E-state index contributed by atoms with van der Waals surface area (Å²) in [7, 11) is 1.59. The molecule has 0 aromatic heterocycles. The Morgan fingerprint density at radius 3 is 2.70 bits per heavy atom. The van der Waals surface area contributed by atoms with Crippen LogP contribution in [-0.4, -0.2) is 42.4 Å². The number of rotatable bonds is 1. The van der Waals surface area contributed by atoms with Crippen molar-refractivity contribution in [2.24, 2.45) is 46.3 Å². The number of hydrogen-bond donors (Lipinski definition) is 0. The summed E-state index contributed by atoms with van der Waals surface area (Å²) in [6.45, 7) is 6.32. The van der Waals surface area contributed by atoms with Crippen molar-refractivity contribution in [2.45, 2.75) is 76.7 Å². The summed E-state index contributed by atoms with van der Waals surface area (Å²) in [6, 6.07) is 0.650. The standard InChI is InChI=1S/C23H33NO3/c1-12-11-24-18-14(12)8-9-21(2)17-7-5-13-4-6-16-15(20(25)26-3)10-22(18,21)23(13,16)27-19(17)24/h12-19H,4-11H2,1-3H3/t12-,13-,14-,15-,16+,17+,18+,19?,21+,22?,23?/m1/s1. The molecule has 5 aliphatic heterocycles. The molecule has 9 rings (SSSR count). The van der Waals surface area contributed by atoms with Gasteiger partial charge in [-0.25, -0.2) is 0 Å². The number of carbonyl (C=O) groups excluding carboxylic acids is 1. The van der Waals surface area contributed by atoms with Gasteiger partial charge in [-0.15, -0.1) is 0 Å². The molecule has 3 unspecified atom stereocenters. The second-order valence-electron chi connectivity index (χ2n) is 11.4. The fourth-order valence-corrected chi connectivity index (χ4v) is 10.8. The van der Waals surface area contributed by atoms with Gasteiger partial charge in [-0.3, -0.25) is 9.69 Å². The minimum absolute atomic E-state index is 0.0395. The average molecular weight is 372 g/mol. The highest BCUT2D eigenvalue weighted by Crippen LogP contribution is 2.84. The summed E-state index contributed by atoms with van der Waals surface area (Å²) in [5.74, 6) is 3.41. The van der Waals surface area contributed by atoms with E-state index >= 15 is 0 Å². The van der Waals surface area contributed by atoms with Crippen molar-refractivity contribution in [1.82, 2.24) is 4.90 Å². The van der Waals surface area contributed by atoms with Crippen LogP contribution >= 0.6 is 0 Å². The molecule has 0 amide bonds. The Morgan fingerprint density at radius 2 is 1.93 bits per heavy atom. The van der Waals surface area contributed by atoms with Crippen LogP contribution in [-0.2, 0) is 14.3 Å². The molecular formula is C23H33NO3. The summed E-state index contributed by atoms with van der Waals surface area (Å²) in [4.78, 5) is 15.8. The average Bonchev–Trinajstić information content (AvgIpc) is 3.22. The minimum atomic E-state index is -0.0395. The largest absolute Gasteiger partial charge is 0.469 e. The molecule has 27 heavy (non-hydrogen) atoms. The smallest absolute Gasteiger partial charge is 0.309 e. The summed E-state index contributed by atoms with van der Waals surface area (Å²) in [5.41, 5.74) is 0.480. The second-order valence-corrected chi connectivity index (χ2v) is 11.4. The lowest BCUT2D eigenvalue weighted by molar-refractivity contribution is -0.392. The normalized spacial score (nSPS) is 64.7. The summed E-state index contributed by atoms with van der Waals surface area (Å²) in [6.07, 6.45) is 9.19. The Balaban J connectivity index is 1.53. The van der Waals surface area contributed by atoms with Crippen LogP contribution in [0.3, 0.4) is 0 Å². The van der Waals surface area contributed by atoms with Crippen LogP contribution < -0.4 is 0 Å². The van der Waals surface area contributed by atoms with Crippen LogP contribution in [0.25, 0.3) is 0 Å². The van der Waals surface area contributed by atoms with Crippen LogP contribution in [0, 0.1) is 46.3 Å². The number of hydrogen-bond acceptors (Lipinski definition) is 4. The molecule has 2 spiro atoms. The number of fused-ring (bicyclic) bond motifs is 1. The van der Waals surface area contributed by atoms with E-state index < -0.39 is 0 Å². The van der Waals surface area contributed by atoms with E-state index in [2.05, 4.69) is 18.7 Å². The molecule has 4 saturated carbocycles. The number of nitrogens with zero attached hydrogens (tertiary/aromatic N) is 1. The minimum Gasteiger partial charge on any atom is -0.469 e. The quantitative estimate of drug-likeness (QED) is 0.662. The molecule has 0 aromatic rings. The van der Waals surface area contributed by atoms with Gasteiger partial charge in [0.2, 0.25) is 0 Å². The molecule has 9 fully saturated rings. The van der Waals surface area contributed by atoms with E-state index in [0.29, 0.717) is 35.4 Å². The van der Waals surface area contributed by atoms with Crippen LogP contribution in [0.5, 0.6) is 0 Å². The maximum atomic E-state index is 13.0. The van der Waals surface area contributed by atoms with E-state index in [1.165, 1.54) is 45.1 Å².